The molecular weight excluding hydrogens is 238 g/mol. The number of rotatable bonds is 1. The number of benzene rings is 1. The fourth-order valence-corrected chi connectivity index (χ4v) is 2.83. The molecule has 1 heterocycles. The van der Waals surface area contributed by atoms with Crippen LogP contribution in [0.2, 0.25) is 5.02 Å². The highest BCUT2D eigenvalue weighted by molar-refractivity contribution is 6.33. The van der Waals surface area contributed by atoms with Crippen molar-refractivity contribution in [1.82, 2.24) is 0 Å². The summed E-state index contributed by atoms with van der Waals surface area (Å²) < 4.78 is 11.2. The molecule has 3 rings (SSSR count). The van der Waals surface area contributed by atoms with Gasteiger partial charge in [-0.2, -0.15) is 0 Å². The lowest BCUT2D eigenvalue weighted by Gasteiger charge is -2.40. The van der Waals surface area contributed by atoms with Gasteiger partial charge >= 0.3 is 0 Å². The normalized spacial score (nSPS) is 20.9. The Kier molecular flexibility index (Phi) is 2.49. The third-order valence-electron chi connectivity index (χ3n) is 3.80. The van der Waals surface area contributed by atoms with Crippen LogP contribution >= 0.6 is 11.6 Å². The van der Waals surface area contributed by atoms with Crippen LogP contribution in [0, 0.1) is 6.92 Å². The minimum atomic E-state index is -0.219. The zero-order valence-electron chi connectivity index (χ0n) is 9.88. The average molecular weight is 254 g/mol. The molecule has 0 bridgehead atoms. The lowest BCUT2D eigenvalue weighted by atomic mass is 9.71. The monoisotopic (exact) mass is 253 g/mol. The zero-order chi connectivity index (χ0) is 12.0. The molecule has 0 amide bonds. The maximum Gasteiger partial charge on any atom is 0.180 e. The second-order valence-corrected chi connectivity index (χ2v) is 5.27. The predicted molar refractivity (Wildman–Crippen MR) is 66.9 cm³/mol. The molecular formula is C13H16ClNO2. The first-order chi connectivity index (χ1) is 8.12. The number of hydrogen-bond acceptors (Lipinski definition) is 3. The standard InChI is InChI=1S/C13H16ClNO2/c1-8-9(13(15)3-2-4-13)7-10-12(11(8)14)17-6-5-16-10/h7H,2-6,15H2,1H3. The summed E-state index contributed by atoms with van der Waals surface area (Å²) in [6.45, 7) is 3.13. The summed E-state index contributed by atoms with van der Waals surface area (Å²) in [4.78, 5) is 0. The van der Waals surface area contributed by atoms with Crippen molar-refractivity contribution in [3.63, 3.8) is 0 Å². The smallest absolute Gasteiger partial charge is 0.180 e. The molecule has 92 valence electrons. The first-order valence-electron chi connectivity index (χ1n) is 6.00. The van der Waals surface area contributed by atoms with Crippen molar-refractivity contribution in [2.45, 2.75) is 31.7 Å². The molecule has 1 saturated carbocycles. The van der Waals surface area contributed by atoms with Gasteiger partial charge in [0, 0.05) is 5.54 Å². The molecule has 0 saturated heterocycles. The quantitative estimate of drug-likeness (QED) is 0.837. The van der Waals surface area contributed by atoms with Crippen LogP contribution in [0.3, 0.4) is 0 Å². The lowest BCUT2D eigenvalue weighted by molar-refractivity contribution is 0.170. The van der Waals surface area contributed by atoms with Gasteiger partial charge in [-0.1, -0.05) is 11.6 Å². The van der Waals surface area contributed by atoms with Crippen molar-refractivity contribution in [2.24, 2.45) is 5.73 Å². The van der Waals surface area contributed by atoms with Crippen LogP contribution in [0.1, 0.15) is 30.4 Å². The molecule has 0 spiro atoms. The van der Waals surface area contributed by atoms with E-state index in [1.807, 2.05) is 13.0 Å². The van der Waals surface area contributed by atoms with Gasteiger partial charge in [0.1, 0.15) is 13.2 Å². The topological polar surface area (TPSA) is 44.5 Å². The van der Waals surface area contributed by atoms with Crippen LogP contribution in [0.25, 0.3) is 0 Å². The molecule has 1 aliphatic carbocycles. The van der Waals surface area contributed by atoms with Crippen molar-refractivity contribution in [3.8, 4) is 11.5 Å². The van der Waals surface area contributed by atoms with E-state index in [0.717, 1.165) is 29.7 Å². The van der Waals surface area contributed by atoms with Crippen LogP contribution in [0.5, 0.6) is 11.5 Å². The number of nitrogens with two attached hydrogens (primary N) is 1. The van der Waals surface area contributed by atoms with E-state index in [4.69, 9.17) is 26.8 Å². The van der Waals surface area contributed by atoms with Crippen LogP contribution in [-0.4, -0.2) is 13.2 Å². The molecule has 0 radical (unpaired) electrons. The third kappa shape index (κ3) is 1.60. The van der Waals surface area contributed by atoms with Gasteiger partial charge in [-0.3, -0.25) is 0 Å². The van der Waals surface area contributed by atoms with E-state index in [9.17, 15) is 0 Å². The predicted octanol–water partition coefficient (Wildman–Crippen LogP) is 2.76. The van der Waals surface area contributed by atoms with Gasteiger partial charge in [0.2, 0.25) is 0 Å². The maximum absolute atomic E-state index is 6.37. The second-order valence-electron chi connectivity index (χ2n) is 4.90. The van der Waals surface area contributed by atoms with Gasteiger partial charge in [-0.15, -0.1) is 0 Å². The summed E-state index contributed by atoms with van der Waals surface area (Å²) in [5.74, 6) is 1.40. The number of halogens is 1. The van der Waals surface area contributed by atoms with Crippen LogP contribution in [0.4, 0.5) is 0 Å². The van der Waals surface area contributed by atoms with Crippen molar-refractivity contribution >= 4 is 11.6 Å². The molecule has 2 N–H and O–H groups in total. The van der Waals surface area contributed by atoms with Crippen LogP contribution in [0.15, 0.2) is 6.07 Å². The molecule has 1 aromatic rings. The van der Waals surface area contributed by atoms with Gasteiger partial charge in [0.15, 0.2) is 11.5 Å². The molecule has 0 atom stereocenters. The van der Waals surface area contributed by atoms with E-state index < -0.39 is 0 Å². The molecule has 1 aliphatic heterocycles. The van der Waals surface area contributed by atoms with E-state index >= 15 is 0 Å². The Hall–Kier alpha value is -0.930. The van der Waals surface area contributed by atoms with Gasteiger partial charge in [-0.05, 0) is 43.4 Å². The van der Waals surface area contributed by atoms with Crippen molar-refractivity contribution < 1.29 is 9.47 Å². The van der Waals surface area contributed by atoms with Crippen molar-refractivity contribution in [1.29, 1.82) is 0 Å². The Bertz CT molecular complexity index is 469. The average Bonchev–Trinajstić information content (AvgIpc) is 2.31. The van der Waals surface area contributed by atoms with E-state index in [-0.39, 0.29) is 5.54 Å². The molecule has 3 nitrogen and oxygen atoms in total. The summed E-state index contributed by atoms with van der Waals surface area (Å²) in [5.41, 5.74) is 8.29. The lowest BCUT2D eigenvalue weighted by Crippen LogP contribution is -2.44. The van der Waals surface area contributed by atoms with Crippen LogP contribution in [-0.2, 0) is 5.54 Å². The molecule has 1 fully saturated rings. The highest BCUT2D eigenvalue weighted by atomic mass is 35.5. The fourth-order valence-electron chi connectivity index (χ4n) is 2.58. The molecule has 1 aromatic carbocycles. The van der Waals surface area contributed by atoms with Gasteiger partial charge in [-0.25, -0.2) is 0 Å². The largest absolute Gasteiger partial charge is 0.486 e. The Morgan fingerprint density at radius 1 is 1.29 bits per heavy atom. The number of hydrogen-bond donors (Lipinski definition) is 1. The molecule has 0 aromatic heterocycles. The Morgan fingerprint density at radius 3 is 2.65 bits per heavy atom. The molecule has 4 heteroatoms. The minimum Gasteiger partial charge on any atom is -0.486 e. The first kappa shape index (κ1) is 11.2. The van der Waals surface area contributed by atoms with E-state index in [2.05, 4.69) is 0 Å². The molecule has 2 aliphatic rings. The van der Waals surface area contributed by atoms with E-state index in [1.165, 1.54) is 6.42 Å². The summed E-state index contributed by atoms with van der Waals surface area (Å²) >= 11 is 6.34. The molecule has 17 heavy (non-hydrogen) atoms. The fraction of sp³-hybridized carbons (Fsp3) is 0.538. The summed E-state index contributed by atoms with van der Waals surface area (Å²) in [7, 11) is 0. The van der Waals surface area contributed by atoms with Gasteiger partial charge in [0.25, 0.3) is 0 Å². The second kappa shape index (κ2) is 3.79. The number of ether oxygens (including phenoxy) is 2. The highest BCUT2D eigenvalue weighted by Gasteiger charge is 2.37. The third-order valence-corrected chi connectivity index (χ3v) is 4.26. The SMILES string of the molecule is Cc1c(C2(N)CCC2)cc2c(c1Cl)OCCO2. The summed E-state index contributed by atoms with van der Waals surface area (Å²) in [5, 5.41) is 0.647. The van der Waals surface area contributed by atoms with E-state index in [0.29, 0.717) is 24.0 Å². The van der Waals surface area contributed by atoms with Crippen LogP contribution < -0.4 is 15.2 Å². The zero-order valence-corrected chi connectivity index (χ0v) is 10.6. The first-order valence-corrected chi connectivity index (χ1v) is 6.38. The van der Waals surface area contributed by atoms with Crippen molar-refractivity contribution in [2.75, 3.05) is 13.2 Å². The summed E-state index contributed by atoms with van der Waals surface area (Å²) in [6.07, 6.45) is 3.22. The van der Waals surface area contributed by atoms with Gasteiger partial charge < -0.3 is 15.2 Å². The summed E-state index contributed by atoms with van der Waals surface area (Å²) in [6, 6.07) is 2.01. The van der Waals surface area contributed by atoms with Crippen molar-refractivity contribution in [3.05, 3.63) is 22.2 Å². The Labute approximate surface area is 106 Å². The van der Waals surface area contributed by atoms with E-state index in [1.54, 1.807) is 0 Å². The van der Waals surface area contributed by atoms with Gasteiger partial charge in [0.05, 0.1) is 5.02 Å². The Balaban J connectivity index is 2.13. The minimum absolute atomic E-state index is 0.219. The highest BCUT2D eigenvalue weighted by Crippen LogP contribution is 2.48. The number of fused-ring (bicyclic) bond motifs is 1. The molecule has 0 unspecified atom stereocenters. The maximum atomic E-state index is 6.37. The Morgan fingerprint density at radius 2 is 2.00 bits per heavy atom.